The van der Waals surface area contributed by atoms with Gasteiger partial charge in [-0.15, -0.1) is 0 Å². The van der Waals surface area contributed by atoms with Gasteiger partial charge in [0.1, 0.15) is 5.72 Å². The van der Waals surface area contributed by atoms with Gasteiger partial charge in [-0.3, -0.25) is 4.90 Å². The van der Waals surface area contributed by atoms with E-state index < -0.39 is 0 Å². The maximum absolute atomic E-state index is 5.92. The van der Waals surface area contributed by atoms with Crippen LogP contribution in [0.15, 0.2) is 0 Å². The minimum Gasteiger partial charge on any atom is -0.359 e. The van der Waals surface area contributed by atoms with E-state index in [0.717, 1.165) is 6.61 Å². The summed E-state index contributed by atoms with van der Waals surface area (Å²) < 4.78 is 5.92. The fraction of sp³-hybridized carbons (Fsp3) is 1.00. The lowest BCUT2D eigenvalue weighted by atomic mass is 10.0. The van der Waals surface area contributed by atoms with E-state index in [1.807, 2.05) is 0 Å². The average Bonchev–Trinajstić information content (AvgIpc) is 2.54. The standard InChI is InChI=1S/C17H35NO/c1-6-7-8-9-10-11-12-13-14-18-16(2,3)15-19-17(18,4)5/h6-15H2,1-5H3. The highest BCUT2D eigenvalue weighted by atomic mass is 16.5. The molecule has 0 aromatic heterocycles. The molecule has 0 bridgehead atoms. The van der Waals surface area contributed by atoms with E-state index in [2.05, 4.69) is 39.5 Å². The average molecular weight is 269 g/mol. The molecule has 0 aliphatic carbocycles. The van der Waals surface area contributed by atoms with Crippen molar-refractivity contribution >= 4 is 0 Å². The van der Waals surface area contributed by atoms with Crippen molar-refractivity contribution in [2.45, 2.75) is 97.2 Å². The molecule has 1 rings (SSSR count). The number of rotatable bonds is 9. The van der Waals surface area contributed by atoms with Crippen LogP contribution >= 0.6 is 0 Å². The molecule has 1 heterocycles. The summed E-state index contributed by atoms with van der Waals surface area (Å²) in [6.07, 6.45) is 11.1. The molecule has 19 heavy (non-hydrogen) atoms. The Kier molecular flexibility index (Phi) is 6.82. The second kappa shape index (κ2) is 7.64. The highest BCUT2D eigenvalue weighted by molar-refractivity contribution is 4.93. The Bertz CT molecular complexity index is 232. The van der Waals surface area contributed by atoms with E-state index in [-0.39, 0.29) is 11.3 Å². The fourth-order valence-electron chi connectivity index (χ4n) is 3.21. The third-order valence-electron chi connectivity index (χ3n) is 4.39. The van der Waals surface area contributed by atoms with E-state index in [1.54, 1.807) is 0 Å². The first kappa shape index (κ1) is 17.0. The molecule has 0 unspecified atom stereocenters. The molecular formula is C17H35NO. The minimum absolute atomic E-state index is 0.0787. The van der Waals surface area contributed by atoms with Crippen molar-refractivity contribution in [2.75, 3.05) is 13.2 Å². The monoisotopic (exact) mass is 269 g/mol. The Balaban J connectivity index is 2.11. The molecule has 0 amide bonds. The predicted molar refractivity (Wildman–Crippen MR) is 83.4 cm³/mol. The third kappa shape index (κ3) is 5.43. The summed E-state index contributed by atoms with van der Waals surface area (Å²) in [4.78, 5) is 2.54. The van der Waals surface area contributed by atoms with Crippen LogP contribution < -0.4 is 0 Å². The van der Waals surface area contributed by atoms with Gasteiger partial charge in [-0.2, -0.15) is 0 Å². The van der Waals surface area contributed by atoms with Crippen molar-refractivity contribution in [2.24, 2.45) is 0 Å². The summed E-state index contributed by atoms with van der Waals surface area (Å²) in [7, 11) is 0. The van der Waals surface area contributed by atoms with Crippen LogP contribution in [0.3, 0.4) is 0 Å². The van der Waals surface area contributed by atoms with Crippen LogP contribution in [-0.4, -0.2) is 29.3 Å². The van der Waals surface area contributed by atoms with Gasteiger partial charge in [0, 0.05) is 12.1 Å². The molecule has 0 saturated carbocycles. The zero-order chi connectivity index (χ0) is 14.4. The summed E-state index contributed by atoms with van der Waals surface area (Å²) in [6, 6.07) is 0. The molecular weight excluding hydrogens is 234 g/mol. The van der Waals surface area contributed by atoms with E-state index in [1.165, 1.54) is 57.9 Å². The summed E-state index contributed by atoms with van der Waals surface area (Å²) in [5.74, 6) is 0. The van der Waals surface area contributed by atoms with Gasteiger partial charge in [-0.25, -0.2) is 0 Å². The van der Waals surface area contributed by atoms with Crippen molar-refractivity contribution in [3.63, 3.8) is 0 Å². The summed E-state index contributed by atoms with van der Waals surface area (Å²) in [6.45, 7) is 13.3. The quantitative estimate of drug-likeness (QED) is 0.548. The maximum atomic E-state index is 5.92. The molecule has 114 valence electrons. The molecule has 0 aromatic rings. The maximum Gasteiger partial charge on any atom is 0.116 e. The van der Waals surface area contributed by atoms with Gasteiger partial charge < -0.3 is 4.74 Å². The molecule has 0 N–H and O–H groups in total. The Morgan fingerprint density at radius 2 is 1.37 bits per heavy atom. The second-order valence-corrected chi connectivity index (χ2v) is 7.17. The number of ether oxygens (including phenoxy) is 1. The van der Waals surface area contributed by atoms with Crippen LogP contribution in [0.2, 0.25) is 0 Å². The first-order chi connectivity index (χ1) is 8.90. The first-order valence-corrected chi connectivity index (χ1v) is 8.32. The molecule has 2 heteroatoms. The van der Waals surface area contributed by atoms with E-state index in [0.29, 0.717) is 0 Å². The predicted octanol–water partition coefficient (Wildman–Crippen LogP) is 4.97. The van der Waals surface area contributed by atoms with Crippen LogP contribution in [0.4, 0.5) is 0 Å². The van der Waals surface area contributed by atoms with Gasteiger partial charge in [0.05, 0.1) is 6.61 Å². The van der Waals surface area contributed by atoms with E-state index in [4.69, 9.17) is 4.74 Å². The Morgan fingerprint density at radius 3 is 1.84 bits per heavy atom. The smallest absolute Gasteiger partial charge is 0.116 e. The number of unbranched alkanes of at least 4 members (excludes halogenated alkanes) is 7. The number of hydrogen-bond acceptors (Lipinski definition) is 2. The number of nitrogens with zero attached hydrogens (tertiary/aromatic N) is 1. The van der Waals surface area contributed by atoms with Gasteiger partial charge >= 0.3 is 0 Å². The molecule has 0 radical (unpaired) electrons. The van der Waals surface area contributed by atoms with Crippen LogP contribution in [0.5, 0.6) is 0 Å². The summed E-state index contributed by atoms with van der Waals surface area (Å²) >= 11 is 0. The lowest BCUT2D eigenvalue weighted by molar-refractivity contribution is -0.0589. The van der Waals surface area contributed by atoms with E-state index in [9.17, 15) is 0 Å². The van der Waals surface area contributed by atoms with Crippen LogP contribution in [0, 0.1) is 0 Å². The van der Waals surface area contributed by atoms with Crippen molar-refractivity contribution < 1.29 is 4.74 Å². The van der Waals surface area contributed by atoms with Crippen LogP contribution in [0.25, 0.3) is 0 Å². The van der Waals surface area contributed by atoms with Gasteiger partial charge in [0.15, 0.2) is 0 Å². The Hall–Kier alpha value is -0.0800. The zero-order valence-electron chi connectivity index (χ0n) is 13.9. The third-order valence-corrected chi connectivity index (χ3v) is 4.39. The topological polar surface area (TPSA) is 12.5 Å². The largest absolute Gasteiger partial charge is 0.359 e. The van der Waals surface area contributed by atoms with Crippen molar-refractivity contribution in [3.05, 3.63) is 0 Å². The van der Waals surface area contributed by atoms with Crippen molar-refractivity contribution in [1.82, 2.24) is 4.90 Å². The Morgan fingerprint density at radius 1 is 0.842 bits per heavy atom. The second-order valence-electron chi connectivity index (χ2n) is 7.17. The van der Waals surface area contributed by atoms with Crippen molar-refractivity contribution in [3.8, 4) is 0 Å². The van der Waals surface area contributed by atoms with Crippen LogP contribution in [0.1, 0.15) is 86.0 Å². The molecule has 0 aromatic carbocycles. The lowest BCUT2D eigenvalue weighted by Gasteiger charge is -2.37. The highest BCUT2D eigenvalue weighted by Crippen LogP contribution is 2.34. The zero-order valence-corrected chi connectivity index (χ0v) is 13.9. The van der Waals surface area contributed by atoms with Gasteiger partial charge in [-0.05, 0) is 34.1 Å². The fourth-order valence-corrected chi connectivity index (χ4v) is 3.21. The SMILES string of the molecule is CCCCCCCCCCN1C(C)(C)COC1(C)C. The molecule has 1 aliphatic rings. The van der Waals surface area contributed by atoms with Gasteiger partial charge in [0.25, 0.3) is 0 Å². The Labute approximate surface area is 120 Å². The number of hydrogen-bond donors (Lipinski definition) is 0. The highest BCUT2D eigenvalue weighted by Gasteiger charge is 2.44. The van der Waals surface area contributed by atoms with E-state index >= 15 is 0 Å². The van der Waals surface area contributed by atoms with Gasteiger partial charge in [-0.1, -0.05) is 51.9 Å². The molecule has 0 spiro atoms. The minimum atomic E-state index is -0.0787. The molecule has 0 atom stereocenters. The first-order valence-electron chi connectivity index (χ1n) is 8.32. The summed E-state index contributed by atoms with van der Waals surface area (Å²) in [5.41, 5.74) is 0.120. The van der Waals surface area contributed by atoms with Gasteiger partial charge in [0.2, 0.25) is 0 Å². The molecule has 1 aliphatic heterocycles. The molecule has 1 saturated heterocycles. The summed E-state index contributed by atoms with van der Waals surface area (Å²) in [5, 5.41) is 0. The molecule has 2 nitrogen and oxygen atoms in total. The van der Waals surface area contributed by atoms with Crippen molar-refractivity contribution in [1.29, 1.82) is 0 Å². The lowest BCUT2D eigenvalue weighted by Crippen LogP contribution is -2.49. The normalized spacial score (nSPS) is 21.9. The van der Waals surface area contributed by atoms with Crippen LogP contribution in [-0.2, 0) is 4.74 Å². The molecule has 1 fully saturated rings.